The maximum absolute atomic E-state index is 12.4. The first-order valence-electron chi connectivity index (χ1n) is 10.5. The first-order valence-corrected chi connectivity index (χ1v) is 10.5. The van der Waals surface area contributed by atoms with E-state index in [1.54, 1.807) is 0 Å². The summed E-state index contributed by atoms with van der Waals surface area (Å²) in [6, 6.07) is 0. The van der Waals surface area contributed by atoms with E-state index in [2.05, 4.69) is 13.8 Å². The Morgan fingerprint density at radius 2 is 1.65 bits per heavy atom. The van der Waals surface area contributed by atoms with Crippen LogP contribution in [0.5, 0.6) is 0 Å². The third-order valence-electron chi connectivity index (χ3n) is 9.44. The zero-order valence-corrected chi connectivity index (χ0v) is 15.3. The first-order chi connectivity index (χ1) is 11.0. The molecule has 1 nitrogen and oxygen atoms in total. The predicted molar refractivity (Wildman–Crippen MR) is 92.8 cm³/mol. The summed E-state index contributed by atoms with van der Waals surface area (Å²) in [6.45, 7) is 6.88. The number of rotatable bonds is 1. The molecule has 0 aliphatic heterocycles. The molecule has 0 radical (unpaired) electrons. The fourth-order valence-electron chi connectivity index (χ4n) is 8.82. The lowest BCUT2D eigenvalue weighted by Gasteiger charge is -2.57. The molecule has 23 heavy (non-hydrogen) atoms. The second-order valence-corrected chi connectivity index (χ2v) is 10.5. The molecule has 0 saturated heterocycles. The molecule has 0 spiro atoms. The van der Waals surface area contributed by atoms with Crippen molar-refractivity contribution in [1.82, 2.24) is 0 Å². The molecule has 0 aromatic heterocycles. The molecule has 0 heterocycles. The van der Waals surface area contributed by atoms with Crippen molar-refractivity contribution >= 4 is 5.78 Å². The zero-order valence-electron chi connectivity index (χ0n) is 15.3. The van der Waals surface area contributed by atoms with Crippen LogP contribution in [0.15, 0.2) is 0 Å². The molecule has 0 bridgehead atoms. The van der Waals surface area contributed by atoms with Crippen molar-refractivity contribution in [1.29, 1.82) is 0 Å². The second kappa shape index (κ2) is 4.85. The minimum absolute atomic E-state index is 0.370. The van der Waals surface area contributed by atoms with E-state index >= 15 is 0 Å². The van der Waals surface area contributed by atoms with Crippen LogP contribution in [0.1, 0.15) is 72.1 Å². The Labute approximate surface area is 142 Å². The molecule has 5 aliphatic rings. The van der Waals surface area contributed by atoms with E-state index in [0.717, 1.165) is 47.3 Å². The zero-order chi connectivity index (χ0) is 15.9. The molecule has 0 aromatic carbocycles. The molecule has 0 amide bonds. The fourth-order valence-corrected chi connectivity index (χ4v) is 8.82. The number of hydrogen-bond donors (Lipinski definition) is 0. The molecular formula is C22H34O. The van der Waals surface area contributed by atoms with Crippen LogP contribution in [0.25, 0.3) is 0 Å². The van der Waals surface area contributed by atoms with Crippen molar-refractivity contribution in [2.24, 2.45) is 58.7 Å². The molecule has 5 rings (SSSR count). The molecule has 0 N–H and O–H groups in total. The van der Waals surface area contributed by atoms with Gasteiger partial charge in [-0.15, -0.1) is 0 Å². The predicted octanol–water partition coefficient (Wildman–Crippen LogP) is 5.34. The average molecular weight is 315 g/mol. The van der Waals surface area contributed by atoms with Gasteiger partial charge < -0.3 is 0 Å². The van der Waals surface area contributed by atoms with Gasteiger partial charge >= 0.3 is 0 Å². The van der Waals surface area contributed by atoms with E-state index in [1.807, 2.05) is 6.92 Å². The van der Waals surface area contributed by atoms with Gasteiger partial charge in [0.2, 0.25) is 0 Å². The highest BCUT2D eigenvalue weighted by molar-refractivity contribution is 5.80. The third kappa shape index (κ3) is 1.94. The summed E-state index contributed by atoms with van der Waals surface area (Å²) in [6.07, 6.45) is 11.7. The van der Waals surface area contributed by atoms with Gasteiger partial charge in [-0.05, 0) is 105 Å². The van der Waals surface area contributed by atoms with Crippen LogP contribution in [-0.4, -0.2) is 5.78 Å². The smallest absolute Gasteiger partial charge is 0.133 e. The summed E-state index contributed by atoms with van der Waals surface area (Å²) in [5, 5.41) is 0. The first kappa shape index (κ1) is 15.0. The van der Waals surface area contributed by atoms with Crippen LogP contribution in [-0.2, 0) is 4.79 Å². The van der Waals surface area contributed by atoms with Crippen LogP contribution in [0.4, 0.5) is 0 Å². The van der Waals surface area contributed by atoms with Crippen molar-refractivity contribution < 1.29 is 4.79 Å². The van der Waals surface area contributed by atoms with Gasteiger partial charge in [0, 0.05) is 5.92 Å². The highest BCUT2D eigenvalue weighted by Crippen LogP contribution is 2.74. The minimum atomic E-state index is 0.370. The van der Waals surface area contributed by atoms with Gasteiger partial charge in [0.1, 0.15) is 5.78 Å². The monoisotopic (exact) mass is 314 g/mol. The molecule has 5 saturated carbocycles. The highest BCUT2D eigenvalue weighted by Gasteiger charge is 2.70. The molecule has 10 atom stereocenters. The Kier molecular flexibility index (Phi) is 3.16. The topological polar surface area (TPSA) is 17.1 Å². The van der Waals surface area contributed by atoms with E-state index in [0.29, 0.717) is 17.1 Å². The molecule has 5 aliphatic carbocycles. The largest absolute Gasteiger partial charge is 0.300 e. The number of carbonyl (C=O) groups is 1. The normalized spacial score (nSPS) is 60.2. The van der Waals surface area contributed by atoms with Gasteiger partial charge in [0.05, 0.1) is 0 Å². The lowest BCUT2D eigenvalue weighted by Crippen LogP contribution is -2.50. The van der Waals surface area contributed by atoms with Crippen molar-refractivity contribution in [3.8, 4) is 0 Å². The Morgan fingerprint density at radius 1 is 0.870 bits per heavy atom. The lowest BCUT2D eigenvalue weighted by molar-refractivity contribution is -0.131. The Morgan fingerprint density at radius 3 is 2.43 bits per heavy atom. The molecule has 0 aromatic rings. The third-order valence-corrected chi connectivity index (χ3v) is 9.44. The molecule has 5 fully saturated rings. The van der Waals surface area contributed by atoms with E-state index in [-0.39, 0.29) is 0 Å². The van der Waals surface area contributed by atoms with E-state index in [4.69, 9.17) is 0 Å². The van der Waals surface area contributed by atoms with Gasteiger partial charge in [-0.2, -0.15) is 0 Å². The Balaban J connectivity index is 1.44. The van der Waals surface area contributed by atoms with Gasteiger partial charge in [-0.3, -0.25) is 4.79 Å². The van der Waals surface area contributed by atoms with Gasteiger partial charge in [0.15, 0.2) is 0 Å². The number of fused-ring (bicyclic) bond motifs is 7. The number of carbonyl (C=O) groups excluding carboxylic acids is 1. The van der Waals surface area contributed by atoms with E-state index in [1.165, 1.54) is 51.4 Å². The maximum Gasteiger partial charge on any atom is 0.133 e. The van der Waals surface area contributed by atoms with E-state index in [9.17, 15) is 4.79 Å². The number of Topliss-reactive ketones (excluding diaryl/α,β-unsaturated/α-hetero) is 1. The van der Waals surface area contributed by atoms with Crippen molar-refractivity contribution in [2.45, 2.75) is 72.1 Å². The Hall–Kier alpha value is -0.330. The fraction of sp³-hybridized carbons (Fsp3) is 0.955. The summed E-state index contributed by atoms with van der Waals surface area (Å²) in [7, 11) is 0. The van der Waals surface area contributed by atoms with Crippen molar-refractivity contribution in [2.75, 3.05) is 0 Å². The summed E-state index contributed by atoms with van der Waals surface area (Å²) in [5.41, 5.74) is 0.370. The van der Waals surface area contributed by atoms with Crippen LogP contribution < -0.4 is 0 Å². The maximum atomic E-state index is 12.4. The molecule has 1 heteroatoms. The standard InChI is InChI=1S/C22H34O/c1-12-4-6-15-14(10-12)5-7-17-16(15)8-9-22(3)20(13(2)23)18-11-19(18)21(17)22/h12,14-21H,4-11H2,1-3H3/t12?,14?,15?,16?,17?,18-,19?,20-,21?,22?/m0/s1. The Bertz CT molecular complexity index is 524. The second-order valence-electron chi connectivity index (χ2n) is 10.5. The summed E-state index contributed by atoms with van der Waals surface area (Å²) >= 11 is 0. The van der Waals surface area contributed by atoms with Crippen LogP contribution >= 0.6 is 0 Å². The van der Waals surface area contributed by atoms with Crippen LogP contribution in [0.2, 0.25) is 0 Å². The summed E-state index contributed by atoms with van der Waals surface area (Å²) in [4.78, 5) is 12.4. The van der Waals surface area contributed by atoms with Crippen molar-refractivity contribution in [3.05, 3.63) is 0 Å². The van der Waals surface area contributed by atoms with E-state index < -0.39 is 0 Å². The van der Waals surface area contributed by atoms with Crippen LogP contribution in [0.3, 0.4) is 0 Å². The van der Waals surface area contributed by atoms with Crippen LogP contribution in [0, 0.1) is 58.7 Å². The molecule has 8 unspecified atom stereocenters. The van der Waals surface area contributed by atoms with Gasteiger partial charge in [0.25, 0.3) is 0 Å². The highest BCUT2D eigenvalue weighted by atomic mass is 16.1. The number of ketones is 1. The number of hydrogen-bond acceptors (Lipinski definition) is 1. The lowest BCUT2D eigenvalue weighted by atomic mass is 9.48. The summed E-state index contributed by atoms with van der Waals surface area (Å²) < 4.78 is 0. The molecular weight excluding hydrogens is 280 g/mol. The SMILES string of the molecule is CC(=O)[C@H]1[C@H]2CC2C2C3CCC4CC(C)CCC4C3CCC21C. The van der Waals surface area contributed by atoms with Gasteiger partial charge in [-0.25, -0.2) is 0 Å². The minimum Gasteiger partial charge on any atom is -0.300 e. The molecule has 128 valence electrons. The quantitative estimate of drug-likeness (QED) is 0.639. The average Bonchev–Trinajstić information content (AvgIpc) is 3.20. The summed E-state index contributed by atoms with van der Waals surface area (Å²) in [5.74, 6) is 8.61. The van der Waals surface area contributed by atoms with Gasteiger partial charge in [-0.1, -0.05) is 20.3 Å². The van der Waals surface area contributed by atoms with Crippen molar-refractivity contribution in [3.63, 3.8) is 0 Å².